The molecule has 1 N–H and O–H groups in total. The van der Waals surface area contributed by atoms with Crippen molar-refractivity contribution in [2.24, 2.45) is 10.1 Å². The monoisotopic (exact) mass is 337 g/mol. The van der Waals surface area contributed by atoms with Crippen molar-refractivity contribution >= 4 is 34.7 Å². The third-order valence-electron chi connectivity index (χ3n) is 3.65. The van der Waals surface area contributed by atoms with E-state index >= 15 is 0 Å². The van der Waals surface area contributed by atoms with Gasteiger partial charge < -0.3 is 14.8 Å². The number of carboxylic acids is 1. The summed E-state index contributed by atoms with van der Waals surface area (Å²) in [5.74, 6) is -1.67. The largest absolute Gasteiger partial charge is 0.478 e. The number of nitrogens with zero attached hydrogens (tertiary/aromatic N) is 3. The third-order valence-corrected chi connectivity index (χ3v) is 3.65. The van der Waals surface area contributed by atoms with Crippen LogP contribution in [-0.4, -0.2) is 42.6 Å². The Bertz CT molecular complexity index is 882. The quantitative estimate of drug-likeness (QED) is 0.866. The molecule has 0 fully saturated rings. The fourth-order valence-electron chi connectivity index (χ4n) is 2.28. The lowest BCUT2D eigenvalue weighted by molar-refractivity contribution is -0.134. The van der Waals surface area contributed by atoms with Gasteiger partial charge in [-0.05, 0) is 36.4 Å². The molecule has 0 spiro atoms. The summed E-state index contributed by atoms with van der Waals surface area (Å²) < 4.78 is 0. The molecule has 1 aliphatic rings. The van der Waals surface area contributed by atoms with Crippen molar-refractivity contribution in [1.29, 1.82) is 0 Å². The molecule has 0 amide bonds. The van der Waals surface area contributed by atoms with Crippen LogP contribution in [0.4, 0.5) is 11.4 Å². The Kier molecular flexibility index (Phi) is 4.30. The van der Waals surface area contributed by atoms with E-state index in [-0.39, 0.29) is 17.0 Å². The molecule has 2 aromatic rings. The van der Waals surface area contributed by atoms with Gasteiger partial charge in [0.15, 0.2) is 5.71 Å². The number of carbonyl (C=O) groups excluding carboxylic acids is 1. The molecule has 0 saturated heterocycles. The van der Waals surface area contributed by atoms with Crippen LogP contribution >= 0.6 is 0 Å². The van der Waals surface area contributed by atoms with Crippen LogP contribution in [0, 0.1) is 0 Å². The van der Waals surface area contributed by atoms with Crippen molar-refractivity contribution in [2.45, 2.75) is 0 Å². The molecule has 0 aromatic heterocycles. The molecular weight excluding hydrogens is 322 g/mol. The Morgan fingerprint density at radius 2 is 1.72 bits per heavy atom. The van der Waals surface area contributed by atoms with Crippen LogP contribution in [0.25, 0.3) is 0 Å². The average Bonchev–Trinajstić information content (AvgIpc) is 2.96. The molecule has 0 atom stereocenters. The van der Waals surface area contributed by atoms with Crippen molar-refractivity contribution in [1.82, 2.24) is 0 Å². The van der Waals surface area contributed by atoms with Gasteiger partial charge in [0, 0.05) is 25.3 Å². The molecule has 0 bridgehead atoms. The van der Waals surface area contributed by atoms with Gasteiger partial charge in [0.05, 0.1) is 11.3 Å². The molecule has 25 heavy (non-hydrogen) atoms. The molecule has 126 valence electrons. The molecule has 2 aromatic carbocycles. The highest BCUT2D eigenvalue weighted by atomic mass is 16.7. The van der Waals surface area contributed by atoms with E-state index < -0.39 is 11.9 Å². The van der Waals surface area contributed by atoms with Crippen LogP contribution in [0.15, 0.2) is 58.7 Å². The summed E-state index contributed by atoms with van der Waals surface area (Å²) in [4.78, 5) is 33.9. The first-order valence-electron chi connectivity index (χ1n) is 7.45. The van der Waals surface area contributed by atoms with Gasteiger partial charge in [-0.2, -0.15) is 0 Å². The molecule has 3 rings (SSSR count). The second-order valence-corrected chi connectivity index (χ2v) is 5.57. The minimum Gasteiger partial charge on any atom is -0.478 e. The molecule has 0 saturated carbocycles. The maximum absolute atomic E-state index is 11.9. The van der Waals surface area contributed by atoms with Gasteiger partial charge in [-0.3, -0.25) is 0 Å². The lowest BCUT2D eigenvalue weighted by atomic mass is 10.0. The summed E-state index contributed by atoms with van der Waals surface area (Å²) in [6.45, 7) is 0. The van der Waals surface area contributed by atoms with Crippen LogP contribution < -0.4 is 4.90 Å². The molecule has 1 aliphatic heterocycles. The van der Waals surface area contributed by atoms with Crippen molar-refractivity contribution in [3.63, 3.8) is 0 Å². The van der Waals surface area contributed by atoms with Crippen LogP contribution in [-0.2, 0) is 9.63 Å². The first kappa shape index (κ1) is 16.4. The molecule has 0 unspecified atom stereocenters. The number of hydrogen-bond acceptors (Lipinski definition) is 6. The molecule has 0 aliphatic carbocycles. The maximum atomic E-state index is 11.9. The first-order chi connectivity index (χ1) is 12.0. The number of oxime groups is 1. The zero-order chi connectivity index (χ0) is 18.0. The van der Waals surface area contributed by atoms with E-state index in [0.29, 0.717) is 11.3 Å². The number of carboxylic acid groups (broad SMARTS) is 1. The summed E-state index contributed by atoms with van der Waals surface area (Å²) in [5, 5.41) is 12.7. The highest BCUT2D eigenvalue weighted by Gasteiger charge is 2.29. The van der Waals surface area contributed by atoms with Gasteiger partial charge in [0.1, 0.15) is 5.71 Å². The minimum absolute atomic E-state index is 0.0840. The summed E-state index contributed by atoms with van der Waals surface area (Å²) in [6.07, 6.45) is 0. The third kappa shape index (κ3) is 3.40. The van der Waals surface area contributed by atoms with Crippen LogP contribution in [0.5, 0.6) is 0 Å². The molecular formula is C18H15N3O4. The Balaban J connectivity index is 1.92. The average molecular weight is 337 g/mol. The van der Waals surface area contributed by atoms with Crippen molar-refractivity contribution in [3.8, 4) is 0 Å². The predicted molar refractivity (Wildman–Crippen MR) is 93.9 cm³/mol. The fraction of sp³-hybridized carbons (Fsp3) is 0.111. The first-order valence-corrected chi connectivity index (χ1v) is 7.45. The van der Waals surface area contributed by atoms with Gasteiger partial charge in [0.2, 0.25) is 0 Å². The molecule has 1 heterocycles. The van der Waals surface area contributed by atoms with E-state index in [1.165, 1.54) is 12.1 Å². The normalized spacial score (nSPS) is 15.0. The van der Waals surface area contributed by atoms with Gasteiger partial charge in [-0.25, -0.2) is 14.6 Å². The topological polar surface area (TPSA) is 91.6 Å². The van der Waals surface area contributed by atoms with Gasteiger partial charge >= 0.3 is 11.9 Å². The minimum atomic E-state index is -1.03. The number of aliphatic imine (C=N–C) groups is 1. The lowest BCUT2D eigenvalue weighted by Crippen LogP contribution is -2.18. The van der Waals surface area contributed by atoms with Crippen LogP contribution in [0.3, 0.4) is 0 Å². The number of aromatic carboxylic acids is 1. The Morgan fingerprint density at radius 1 is 1.08 bits per heavy atom. The lowest BCUT2D eigenvalue weighted by Gasteiger charge is -2.11. The number of anilines is 1. The van der Waals surface area contributed by atoms with Crippen molar-refractivity contribution < 1.29 is 19.5 Å². The zero-order valence-corrected chi connectivity index (χ0v) is 13.6. The van der Waals surface area contributed by atoms with Gasteiger partial charge in [0.25, 0.3) is 0 Å². The van der Waals surface area contributed by atoms with E-state index in [9.17, 15) is 9.59 Å². The molecule has 7 nitrogen and oxygen atoms in total. The van der Waals surface area contributed by atoms with Crippen LogP contribution in [0.2, 0.25) is 0 Å². The summed E-state index contributed by atoms with van der Waals surface area (Å²) in [7, 11) is 3.86. The number of benzene rings is 2. The SMILES string of the molecule is CN(C)c1ccc(N=C2C(=O)ON=C2c2ccc(C(=O)O)cc2)cc1. The number of carbonyl (C=O) groups is 2. The molecule has 0 radical (unpaired) electrons. The predicted octanol–water partition coefficient (Wildman–Crippen LogP) is 2.48. The highest BCUT2D eigenvalue weighted by molar-refractivity contribution is 6.70. The Labute approximate surface area is 143 Å². The van der Waals surface area contributed by atoms with Crippen molar-refractivity contribution in [3.05, 3.63) is 59.7 Å². The Hall–Kier alpha value is -3.48. The van der Waals surface area contributed by atoms with Gasteiger partial charge in [-0.15, -0.1) is 0 Å². The van der Waals surface area contributed by atoms with Gasteiger partial charge in [-0.1, -0.05) is 17.3 Å². The molecule has 7 heteroatoms. The summed E-state index contributed by atoms with van der Waals surface area (Å²) in [5.41, 5.74) is 2.66. The second kappa shape index (κ2) is 6.56. The van der Waals surface area contributed by atoms with Crippen LogP contribution in [0.1, 0.15) is 15.9 Å². The van der Waals surface area contributed by atoms with E-state index in [2.05, 4.69) is 10.1 Å². The standard InChI is InChI=1S/C18H15N3O4/c1-21(2)14-9-7-13(8-10-14)19-16-15(20-25-18(16)24)11-3-5-12(6-4-11)17(22)23/h3-10H,1-2H3,(H,22,23). The smallest absolute Gasteiger partial charge is 0.386 e. The Morgan fingerprint density at radius 3 is 2.28 bits per heavy atom. The summed E-state index contributed by atoms with van der Waals surface area (Å²) >= 11 is 0. The van der Waals surface area contributed by atoms with E-state index in [0.717, 1.165) is 5.69 Å². The van der Waals surface area contributed by atoms with E-state index in [1.807, 2.05) is 31.1 Å². The fourth-order valence-corrected chi connectivity index (χ4v) is 2.28. The second-order valence-electron chi connectivity index (χ2n) is 5.57. The van der Waals surface area contributed by atoms with Crippen molar-refractivity contribution in [2.75, 3.05) is 19.0 Å². The zero-order valence-electron chi connectivity index (χ0n) is 13.6. The highest BCUT2D eigenvalue weighted by Crippen LogP contribution is 2.21. The number of rotatable bonds is 4. The number of hydrogen-bond donors (Lipinski definition) is 1. The summed E-state index contributed by atoms with van der Waals surface area (Å²) in [6, 6.07) is 13.4. The van der Waals surface area contributed by atoms with E-state index in [4.69, 9.17) is 9.94 Å². The van der Waals surface area contributed by atoms with E-state index in [1.54, 1.807) is 24.3 Å². The maximum Gasteiger partial charge on any atom is 0.386 e.